The third kappa shape index (κ3) is 3.25. The van der Waals surface area contributed by atoms with Crippen molar-refractivity contribution in [2.75, 3.05) is 19.6 Å². The molecule has 0 spiro atoms. The zero-order chi connectivity index (χ0) is 13.3. The molecule has 2 unspecified atom stereocenters. The van der Waals surface area contributed by atoms with Gasteiger partial charge in [0.2, 0.25) is 0 Å². The van der Waals surface area contributed by atoms with Crippen molar-refractivity contribution in [3.63, 3.8) is 0 Å². The Hall–Kier alpha value is -0.130. The molecule has 1 saturated heterocycles. The Morgan fingerprint density at radius 1 is 1.61 bits per heavy atom. The van der Waals surface area contributed by atoms with Crippen LogP contribution in [0.1, 0.15) is 31.7 Å². The SMILES string of the molecule is CC1CN(C(CN)c2ccc(Cl)s2)CC(C)(C)O1. The van der Waals surface area contributed by atoms with Crippen molar-refractivity contribution in [1.29, 1.82) is 0 Å². The largest absolute Gasteiger partial charge is 0.370 e. The van der Waals surface area contributed by atoms with Gasteiger partial charge in [0, 0.05) is 24.5 Å². The number of nitrogens with two attached hydrogens (primary N) is 1. The summed E-state index contributed by atoms with van der Waals surface area (Å²) in [6.45, 7) is 8.80. The lowest BCUT2D eigenvalue weighted by molar-refractivity contribution is -0.137. The highest BCUT2D eigenvalue weighted by atomic mass is 35.5. The number of thiophene rings is 1. The van der Waals surface area contributed by atoms with Crippen molar-refractivity contribution in [3.05, 3.63) is 21.3 Å². The first-order chi connectivity index (χ1) is 8.41. The Morgan fingerprint density at radius 2 is 2.33 bits per heavy atom. The third-order valence-electron chi connectivity index (χ3n) is 3.18. The molecule has 1 aromatic rings. The van der Waals surface area contributed by atoms with Crippen molar-refractivity contribution in [2.45, 2.75) is 38.5 Å². The van der Waals surface area contributed by atoms with Crippen molar-refractivity contribution >= 4 is 22.9 Å². The maximum Gasteiger partial charge on any atom is 0.0931 e. The van der Waals surface area contributed by atoms with Crippen molar-refractivity contribution < 1.29 is 4.74 Å². The standard InChI is InChI=1S/C13H21ClN2OS/c1-9-7-16(8-13(2,3)17-9)10(6-15)11-4-5-12(14)18-11/h4-5,9-10H,6-8,15H2,1-3H3. The topological polar surface area (TPSA) is 38.5 Å². The third-order valence-corrected chi connectivity index (χ3v) is 4.51. The number of morpholine rings is 1. The molecule has 0 amide bonds. The summed E-state index contributed by atoms with van der Waals surface area (Å²) in [6.07, 6.45) is 0.234. The summed E-state index contributed by atoms with van der Waals surface area (Å²) in [6, 6.07) is 4.27. The maximum absolute atomic E-state index is 6.02. The highest BCUT2D eigenvalue weighted by Gasteiger charge is 2.35. The van der Waals surface area contributed by atoms with Gasteiger partial charge in [-0.05, 0) is 32.9 Å². The quantitative estimate of drug-likeness (QED) is 0.929. The van der Waals surface area contributed by atoms with Crippen LogP contribution in [0.2, 0.25) is 4.34 Å². The number of ether oxygens (including phenoxy) is 1. The molecule has 5 heteroatoms. The molecule has 1 fully saturated rings. The minimum Gasteiger partial charge on any atom is -0.370 e. The van der Waals surface area contributed by atoms with Crippen LogP contribution < -0.4 is 5.73 Å². The van der Waals surface area contributed by atoms with E-state index in [1.165, 1.54) is 4.88 Å². The normalized spacial score (nSPS) is 26.2. The summed E-state index contributed by atoms with van der Waals surface area (Å²) in [4.78, 5) is 3.66. The summed E-state index contributed by atoms with van der Waals surface area (Å²) in [5.41, 5.74) is 5.84. The van der Waals surface area contributed by atoms with Crippen LogP contribution >= 0.6 is 22.9 Å². The van der Waals surface area contributed by atoms with Crippen molar-refractivity contribution in [3.8, 4) is 0 Å². The van der Waals surface area contributed by atoms with E-state index in [9.17, 15) is 0 Å². The second kappa shape index (κ2) is 5.47. The van der Waals surface area contributed by atoms with E-state index in [1.807, 2.05) is 6.07 Å². The monoisotopic (exact) mass is 288 g/mol. The Kier molecular flexibility index (Phi) is 4.34. The van der Waals surface area contributed by atoms with Crippen LogP contribution in [0.15, 0.2) is 12.1 Å². The Bertz CT molecular complexity index is 407. The predicted molar refractivity (Wildman–Crippen MR) is 77.3 cm³/mol. The summed E-state index contributed by atoms with van der Waals surface area (Å²) in [5.74, 6) is 0. The molecule has 0 saturated carbocycles. The van der Waals surface area contributed by atoms with E-state index in [-0.39, 0.29) is 17.7 Å². The molecule has 0 aromatic carbocycles. The van der Waals surface area contributed by atoms with E-state index < -0.39 is 0 Å². The van der Waals surface area contributed by atoms with Gasteiger partial charge in [-0.3, -0.25) is 4.90 Å². The van der Waals surface area contributed by atoms with E-state index in [0.717, 1.165) is 17.4 Å². The van der Waals surface area contributed by atoms with Gasteiger partial charge in [0.05, 0.1) is 22.1 Å². The summed E-state index contributed by atoms with van der Waals surface area (Å²) >= 11 is 7.64. The van der Waals surface area contributed by atoms with Gasteiger partial charge in [0.1, 0.15) is 0 Å². The zero-order valence-electron chi connectivity index (χ0n) is 11.1. The summed E-state index contributed by atoms with van der Waals surface area (Å²) in [7, 11) is 0. The first-order valence-electron chi connectivity index (χ1n) is 6.28. The van der Waals surface area contributed by atoms with E-state index in [4.69, 9.17) is 22.1 Å². The molecule has 0 radical (unpaired) electrons. The number of nitrogens with zero attached hydrogens (tertiary/aromatic N) is 1. The molecular formula is C13H21ClN2OS. The fourth-order valence-electron chi connectivity index (χ4n) is 2.69. The van der Waals surface area contributed by atoms with Crippen molar-refractivity contribution in [2.24, 2.45) is 5.73 Å². The minimum absolute atomic E-state index is 0.119. The molecule has 1 aliphatic heterocycles. The molecule has 2 atom stereocenters. The highest BCUT2D eigenvalue weighted by molar-refractivity contribution is 7.16. The first-order valence-corrected chi connectivity index (χ1v) is 7.48. The molecule has 0 bridgehead atoms. The average Bonchev–Trinajstić information content (AvgIpc) is 2.63. The van der Waals surface area contributed by atoms with Gasteiger partial charge in [0.15, 0.2) is 0 Å². The summed E-state index contributed by atoms with van der Waals surface area (Å²) < 4.78 is 6.76. The lowest BCUT2D eigenvalue weighted by atomic mass is 10.0. The molecule has 2 N–H and O–H groups in total. The fraction of sp³-hybridized carbons (Fsp3) is 0.692. The van der Waals surface area contributed by atoms with Gasteiger partial charge >= 0.3 is 0 Å². The molecule has 0 aliphatic carbocycles. The molecular weight excluding hydrogens is 268 g/mol. The summed E-state index contributed by atoms with van der Waals surface area (Å²) in [5, 5.41) is 0. The van der Waals surface area contributed by atoms with Gasteiger partial charge in [-0.2, -0.15) is 0 Å². The molecule has 1 aliphatic rings. The van der Waals surface area contributed by atoms with Gasteiger partial charge in [-0.1, -0.05) is 11.6 Å². The minimum atomic E-state index is -0.119. The molecule has 2 heterocycles. The maximum atomic E-state index is 6.02. The lowest BCUT2D eigenvalue weighted by Gasteiger charge is -2.44. The lowest BCUT2D eigenvalue weighted by Crippen LogP contribution is -2.53. The van der Waals surface area contributed by atoms with E-state index >= 15 is 0 Å². The average molecular weight is 289 g/mol. The van der Waals surface area contributed by atoms with Crippen LogP contribution in [0.4, 0.5) is 0 Å². The molecule has 102 valence electrons. The van der Waals surface area contributed by atoms with E-state index in [1.54, 1.807) is 11.3 Å². The number of hydrogen-bond donors (Lipinski definition) is 1. The van der Waals surface area contributed by atoms with Crippen molar-refractivity contribution in [1.82, 2.24) is 4.90 Å². The van der Waals surface area contributed by atoms with Crippen LogP contribution in [0.5, 0.6) is 0 Å². The first kappa shape index (κ1) is 14.3. The van der Waals surface area contributed by atoms with Gasteiger partial charge < -0.3 is 10.5 Å². The van der Waals surface area contributed by atoms with Gasteiger partial charge in [0.25, 0.3) is 0 Å². The Balaban J connectivity index is 2.17. The molecule has 18 heavy (non-hydrogen) atoms. The van der Waals surface area contributed by atoms with Gasteiger partial charge in [-0.15, -0.1) is 11.3 Å². The van der Waals surface area contributed by atoms with Crippen LogP contribution in [0, 0.1) is 0 Å². The highest BCUT2D eigenvalue weighted by Crippen LogP contribution is 2.33. The number of hydrogen-bond acceptors (Lipinski definition) is 4. The Labute approximate surface area is 118 Å². The van der Waals surface area contributed by atoms with Crippen LogP contribution in [0.3, 0.4) is 0 Å². The second-order valence-electron chi connectivity index (χ2n) is 5.51. The fourth-order valence-corrected chi connectivity index (χ4v) is 3.90. The molecule has 3 nitrogen and oxygen atoms in total. The van der Waals surface area contributed by atoms with E-state index in [2.05, 4.69) is 31.7 Å². The van der Waals surface area contributed by atoms with Crippen LogP contribution in [0.25, 0.3) is 0 Å². The zero-order valence-corrected chi connectivity index (χ0v) is 12.7. The smallest absolute Gasteiger partial charge is 0.0931 e. The number of rotatable bonds is 3. The molecule has 2 rings (SSSR count). The second-order valence-corrected chi connectivity index (χ2v) is 7.26. The van der Waals surface area contributed by atoms with Gasteiger partial charge in [-0.25, -0.2) is 0 Å². The van der Waals surface area contributed by atoms with Crippen LogP contribution in [-0.2, 0) is 4.74 Å². The van der Waals surface area contributed by atoms with E-state index in [0.29, 0.717) is 6.54 Å². The predicted octanol–water partition coefficient (Wildman–Crippen LogP) is 2.90. The van der Waals surface area contributed by atoms with Crippen LogP contribution in [-0.4, -0.2) is 36.2 Å². The number of halogens is 1. The molecule has 1 aromatic heterocycles. The Morgan fingerprint density at radius 3 is 2.83 bits per heavy atom.